The van der Waals surface area contributed by atoms with Crippen molar-refractivity contribution in [2.45, 2.75) is 19.1 Å². The minimum absolute atomic E-state index is 0.236. The van der Waals surface area contributed by atoms with Gasteiger partial charge in [-0.15, -0.1) is 0 Å². The second-order valence-electron chi connectivity index (χ2n) is 3.11. The summed E-state index contributed by atoms with van der Waals surface area (Å²) < 4.78 is 47.6. The van der Waals surface area contributed by atoms with Gasteiger partial charge in [-0.3, -0.25) is 4.72 Å². The minimum Gasteiger partial charge on any atom is -0.506 e. The van der Waals surface area contributed by atoms with Crippen molar-refractivity contribution >= 4 is 15.7 Å². The molecule has 7 heteroatoms. The monoisotopic (exact) mass is 251 g/mol. The lowest BCUT2D eigenvalue weighted by atomic mass is 10.1. The summed E-state index contributed by atoms with van der Waals surface area (Å²) in [5, 5.41) is 9.30. The third-order valence-corrected chi connectivity index (χ3v) is 2.93. The van der Waals surface area contributed by atoms with Crippen LogP contribution in [-0.2, 0) is 16.4 Å². The maximum absolute atomic E-state index is 12.1. The summed E-state index contributed by atoms with van der Waals surface area (Å²) in [5.74, 6) is -3.92. The van der Waals surface area contributed by atoms with Gasteiger partial charge in [0.1, 0.15) is 5.75 Å². The Morgan fingerprint density at radius 1 is 1.44 bits per heavy atom. The lowest BCUT2D eigenvalue weighted by molar-refractivity contribution is 0.236. The normalized spacial score (nSPS) is 11.8. The smallest absolute Gasteiger partial charge is 0.355 e. The highest BCUT2D eigenvalue weighted by Gasteiger charge is 2.24. The molecule has 0 bridgehead atoms. The zero-order valence-electron chi connectivity index (χ0n) is 8.44. The van der Waals surface area contributed by atoms with E-state index in [1.165, 1.54) is 12.1 Å². The number of hydrogen-bond acceptors (Lipinski definition) is 3. The van der Waals surface area contributed by atoms with Crippen LogP contribution >= 0.6 is 0 Å². The van der Waals surface area contributed by atoms with E-state index in [4.69, 9.17) is 0 Å². The number of phenols is 1. The summed E-state index contributed by atoms with van der Waals surface area (Å²) >= 11 is 0. The van der Waals surface area contributed by atoms with Crippen LogP contribution in [0.3, 0.4) is 0 Å². The molecule has 1 rings (SSSR count). The fourth-order valence-corrected chi connectivity index (χ4v) is 1.64. The first-order chi connectivity index (χ1) is 7.36. The number of aromatic hydroxyl groups is 1. The second-order valence-corrected chi connectivity index (χ2v) is 4.76. The van der Waals surface area contributed by atoms with Crippen molar-refractivity contribution in [3.63, 3.8) is 0 Å². The Morgan fingerprint density at radius 3 is 2.56 bits per heavy atom. The van der Waals surface area contributed by atoms with Crippen molar-refractivity contribution in [1.29, 1.82) is 0 Å². The van der Waals surface area contributed by atoms with Gasteiger partial charge in [0.25, 0.3) is 10.0 Å². The Morgan fingerprint density at radius 2 is 2.06 bits per heavy atom. The molecule has 0 spiro atoms. The molecule has 0 aliphatic rings. The molecule has 0 fully saturated rings. The molecule has 0 unspecified atom stereocenters. The van der Waals surface area contributed by atoms with Gasteiger partial charge in [0.15, 0.2) is 0 Å². The number of nitrogens with one attached hydrogen (secondary N) is 1. The van der Waals surface area contributed by atoms with Crippen molar-refractivity contribution in [3.8, 4) is 5.75 Å². The van der Waals surface area contributed by atoms with Crippen LogP contribution in [0.15, 0.2) is 18.2 Å². The van der Waals surface area contributed by atoms with Gasteiger partial charge in [0.2, 0.25) is 0 Å². The van der Waals surface area contributed by atoms with E-state index in [1.807, 2.05) is 6.92 Å². The number of benzene rings is 1. The largest absolute Gasteiger partial charge is 0.506 e. The van der Waals surface area contributed by atoms with Gasteiger partial charge in [-0.2, -0.15) is 8.78 Å². The van der Waals surface area contributed by atoms with E-state index in [2.05, 4.69) is 0 Å². The topological polar surface area (TPSA) is 66.4 Å². The molecule has 1 aromatic rings. The van der Waals surface area contributed by atoms with E-state index >= 15 is 0 Å². The first-order valence-corrected chi connectivity index (χ1v) is 6.03. The van der Waals surface area contributed by atoms with E-state index in [9.17, 15) is 22.3 Å². The molecule has 0 aliphatic carbocycles. The Hall–Kier alpha value is -1.37. The van der Waals surface area contributed by atoms with Gasteiger partial charge in [-0.25, -0.2) is 8.42 Å². The van der Waals surface area contributed by atoms with Crippen molar-refractivity contribution in [3.05, 3.63) is 23.8 Å². The zero-order chi connectivity index (χ0) is 12.3. The maximum atomic E-state index is 12.1. The predicted molar refractivity (Wildman–Crippen MR) is 56.0 cm³/mol. The third kappa shape index (κ3) is 2.82. The average molecular weight is 251 g/mol. The molecule has 0 saturated carbocycles. The maximum Gasteiger partial charge on any atom is 0.355 e. The third-order valence-electron chi connectivity index (χ3n) is 1.96. The quantitative estimate of drug-likeness (QED) is 0.803. The van der Waals surface area contributed by atoms with Crippen LogP contribution < -0.4 is 4.72 Å². The number of aryl methyl sites for hydroxylation is 1. The van der Waals surface area contributed by atoms with Gasteiger partial charge in [-0.05, 0) is 24.1 Å². The molecule has 90 valence electrons. The first-order valence-electron chi connectivity index (χ1n) is 4.48. The van der Waals surface area contributed by atoms with Gasteiger partial charge < -0.3 is 5.11 Å². The van der Waals surface area contributed by atoms with Gasteiger partial charge in [0.05, 0.1) is 5.69 Å². The minimum atomic E-state index is -4.74. The lowest BCUT2D eigenvalue weighted by Gasteiger charge is -2.09. The van der Waals surface area contributed by atoms with Crippen molar-refractivity contribution in [2.75, 3.05) is 4.72 Å². The highest BCUT2D eigenvalue weighted by molar-refractivity contribution is 7.93. The van der Waals surface area contributed by atoms with E-state index < -0.39 is 15.8 Å². The van der Waals surface area contributed by atoms with Crippen LogP contribution in [0, 0.1) is 0 Å². The van der Waals surface area contributed by atoms with Crippen molar-refractivity contribution in [2.24, 2.45) is 0 Å². The molecule has 0 amide bonds. The Bertz CT molecular complexity index is 474. The number of anilines is 1. The fourth-order valence-electron chi connectivity index (χ4n) is 1.08. The molecule has 4 nitrogen and oxygen atoms in total. The Balaban J connectivity index is 3.06. The SMILES string of the molecule is CCc1ccc(O)c(NS(=O)(=O)C(F)F)c1. The number of halogens is 2. The average Bonchev–Trinajstić information content (AvgIpc) is 2.21. The molecule has 0 radical (unpaired) electrons. The number of phenolic OH excluding ortho intramolecular Hbond substituents is 1. The zero-order valence-corrected chi connectivity index (χ0v) is 9.26. The molecule has 0 saturated heterocycles. The summed E-state index contributed by atoms with van der Waals surface area (Å²) in [6.07, 6.45) is 0.601. The van der Waals surface area contributed by atoms with Crippen LogP contribution in [0.5, 0.6) is 5.75 Å². The van der Waals surface area contributed by atoms with Crippen LogP contribution in [-0.4, -0.2) is 19.3 Å². The van der Waals surface area contributed by atoms with Gasteiger partial charge in [0, 0.05) is 0 Å². The molecule has 16 heavy (non-hydrogen) atoms. The first kappa shape index (κ1) is 12.7. The lowest BCUT2D eigenvalue weighted by Crippen LogP contribution is -2.20. The van der Waals surface area contributed by atoms with Crippen LogP contribution in [0.1, 0.15) is 12.5 Å². The van der Waals surface area contributed by atoms with E-state index in [0.29, 0.717) is 6.42 Å². The molecular weight excluding hydrogens is 240 g/mol. The number of sulfonamides is 1. The fraction of sp³-hybridized carbons (Fsp3) is 0.333. The molecule has 1 aromatic carbocycles. The highest BCUT2D eigenvalue weighted by atomic mass is 32.2. The van der Waals surface area contributed by atoms with Crippen LogP contribution in [0.25, 0.3) is 0 Å². The Labute approximate surface area is 92.0 Å². The summed E-state index contributed by atoms with van der Waals surface area (Å²) in [6.45, 7) is 1.82. The second kappa shape index (κ2) is 4.65. The molecule has 0 aliphatic heterocycles. The highest BCUT2D eigenvalue weighted by Crippen LogP contribution is 2.26. The predicted octanol–water partition coefficient (Wildman–Crippen LogP) is 1.92. The summed E-state index contributed by atoms with van der Waals surface area (Å²) in [4.78, 5) is 0. The van der Waals surface area contributed by atoms with E-state index in [-0.39, 0.29) is 11.4 Å². The standard InChI is InChI=1S/C9H11F2NO3S/c1-2-6-3-4-8(13)7(5-6)12-16(14,15)9(10)11/h3-5,9,12-13H,2H2,1H3. The summed E-state index contributed by atoms with van der Waals surface area (Å²) in [6, 6.07) is 4.15. The number of rotatable bonds is 4. The summed E-state index contributed by atoms with van der Waals surface area (Å²) in [7, 11) is -4.74. The van der Waals surface area contributed by atoms with Crippen molar-refractivity contribution in [1.82, 2.24) is 0 Å². The molecular formula is C9H11F2NO3S. The van der Waals surface area contributed by atoms with Gasteiger partial charge >= 0.3 is 5.76 Å². The number of alkyl halides is 2. The molecule has 0 atom stereocenters. The van der Waals surface area contributed by atoms with Crippen molar-refractivity contribution < 1.29 is 22.3 Å². The van der Waals surface area contributed by atoms with E-state index in [0.717, 1.165) is 5.56 Å². The van der Waals surface area contributed by atoms with E-state index in [1.54, 1.807) is 10.8 Å². The van der Waals surface area contributed by atoms with Crippen LogP contribution in [0.4, 0.5) is 14.5 Å². The Kier molecular flexibility index (Phi) is 3.69. The molecule has 0 aromatic heterocycles. The van der Waals surface area contributed by atoms with Gasteiger partial charge in [-0.1, -0.05) is 13.0 Å². The molecule has 2 N–H and O–H groups in total. The number of hydrogen-bond donors (Lipinski definition) is 2. The summed E-state index contributed by atoms with van der Waals surface area (Å²) in [5.41, 5.74) is 0.490. The van der Waals surface area contributed by atoms with Crippen LogP contribution in [0.2, 0.25) is 0 Å². The molecule has 0 heterocycles.